The van der Waals surface area contributed by atoms with Gasteiger partial charge in [0.05, 0.1) is 12.3 Å². The van der Waals surface area contributed by atoms with Crippen molar-refractivity contribution in [3.8, 4) is 5.75 Å². The first-order valence-corrected chi connectivity index (χ1v) is 11.3. The van der Waals surface area contributed by atoms with Crippen LogP contribution in [0.5, 0.6) is 5.75 Å². The molecule has 32 heavy (non-hydrogen) atoms. The van der Waals surface area contributed by atoms with E-state index in [0.717, 1.165) is 36.2 Å². The molecule has 1 heterocycles. The van der Waals surface area contributed by atoms with Crippen LogP contribution in [0.15, 0.2) is 59.9 Å². The average molecular weight is 435 g/mol. The number of hydrogen-bond donors (Lipinski definition) is 1. The molecule has 4 rings (SSSR count). The summed E-state index contributed by atoms with van der Waals surface area (Å²) < 4.78 is 7.56. The zero-order valence-corrected chi connectivity index (χ0v) is 18.5. The van der Waals surface area contributed by atoms with Crippen LogP contribution in [0.1, 0.15) is 43.2 Å². The van der Waals surface area contributed by atoms with E-state index in [1.54, 1.807) is 0 Å². The predicted octanol–water partition coefficient (Wildman–Crippen LogP) is 5.41. The van der Waals surface area contributed by atoms with Gasteiger partial charge in [-0.15, -0.1) is 0 Å². The second-order valence-corrected chi connectivity index (χ2v) is 8.38. The molecule has 6 heteroatoms. The van der Waals surface area contributed by atoms with Gasteiger partial charge in [0.15, 0.2) is 6.61 Å². The van der Waals surface area contributed by atoms with Crippen LogP contribution in [0.2, 0.25) is 0 Å². The highest BCUT2D eigenvalue weighted by Gasteiger charge is 2.22. The van der Waals surface area contributed by atoms with Gasteiger partial charge in [0.2, 0.25) is 0 Å². The number of aromatic nitrogens is 1. The molecule has 0 atom stereocenters. The minimum absolute atomic E-state index is 0.346. The number of carboxylic acid groups (broad SMARTS) is 1. The van der Waals surface area contributed by atoms with Gasteiger partial charge in [-0.2, -0.15) is 0 Å². The smallest absolute Gasteiger partial charge is 0.341 e. The molecule has 1 saturated carbocycles. The molecule has 2 aromatic carbocycles. The summed E-state index contributed by atoms with van der Waals surface area (Å²) in [6, 6.07) is 16.2. The number of oxime groups is 1. The van der Waals surface area contributed by atoms with Gasteiger partial charge >= 0.3 is 5.97 Å². The SMILES string of the molecule is Cc1cc(C(=NOCCn2ccc3ccccc32)C2CCCCC2)ccc1OCC(=O)O. The van der Waals surface area contributed by atoms with Gasteiger partial charge in [0, 0.05) is 23.2 Å². The molecule has 0 spiro atoms. The number of ether oxygens (including phenoxy) is 1. The van der Waals surface area contributed by atoms with E-state index >= 15 is 0 Å². The lowest BCUT2D eigenvalue weighted by atomic mass is 9.83. The molecule has 0 aliphatic heterocycles. The van der Waals surface area contributed by atoms with Crippen LogP contribution in [-0.4, -0.2) is 34.6 Å². The summed E-state index contributed by atoms with van der Waals surface area (Å²) >= 11 is 0. The molecule has 1 aliphatic carbocycles. The normalized spacial score (nSPS) is 15.1. The van der Waals surface area contributed by atoms with E-state index in [1.807, 2.05) is 37.3 Å². The summed E-state index contributed by atoms with van der Waals surface area (Å²) in [5, 5.41) is 14.7. The highest BCUT2D eigenvalue weighted by molar-refractivity contribution is 6.02. The summed E-state index contributed by atoms with van der Waals surface area (Å²) in [7, 11) is 0. The first-order chi connectivity index (χ1) is 15.6. The molecule has 3 aromatic rings. The van der Waals surface area contributed by atoms with Crippen molar-refractivity contribution in [2.45, 2.75) is 45.6 Å². The van der Waals surface area contributed by atoms with E-state index < -0.39 is 5.97 Å². The lowest BCUT2D eigenvalue weighted by Crippen LogP contribution is -2.20. The highest BCUT2D eigenvalue weighted by atomic mass is 16.6. The van der Waals surface area contributed by atoms with Gasteiger partial charge in [-0.05, 0) is 61.0 Å². The third kappa shape index (κ3) is 5.31. The van der Waals surface area contributed by atoms with Crippen LogP contribution in [0.3, 0.4) is 0 Å². The van der Waals surface area contributed by atoms with Crippen LogP contribution in [0.25, 0.3) is 10.9 Å². The Morgan fingerprint density at radius 1 is 1.12 bits per heavy atom. The van der Waals surface area contributed by atoms with Crippen molar-refractivity contribution in [3.63, 3.8) is 0 Å². The number of hydrogen-bond acceptors (Lipinski definition) is 4. The average Bonchev–Trinajstić information content (AvgIpc) is 3.22. The molecule has 0 radical (unpaired) electrons. The fourth-order valence-corrected chi connectivity index (χ4v) is 4.44. The lowest BCUT2D eigenvalue weighted by molar-refractivity contribution is -0.139. The molecule has 1 N–H and O–H groups in total. The van der Waals surface area contributed by atoms with Crippen molar-refractivity contribution >= 4 is 22.6 Å². The van der Waals surface area contributed by atoms with Gasteiger partial charge in [0.1, 0.15) is 12.4 Å². The minimum Gasteiger partial charge on any atom is -0.482 e. The summed E-state index contributed by atoms with van der Waals surface area (Å²) in [5.74, 6) is -0.0253. The second-order valence-electron chi connectivity index (χ2n) is 8.38. The Bertz CT molecular complexity index is 1100. The Labute approximate surface area is 188 Å². The van der Waals surface area contributed by atoms with Crippen molar-refractivity contribution in [1.29, 1.82) is 0 Å². The van der Waals surface area contributed by atoms with Gasteiger partial charge in [-0.25, -0.2) is 4.79 Å². The maximum absolute atomic E-state index is 10.8. The number of fused-ring (bicyclic) bond motifs is 1. The molecular weight excluding hydrogens is 404 g/mol. The fraction of sp³-hybridized carbons (Fsp3) is 0.385. The van der Waals surface area contributed by atoms with Crippen molar-refractivity contribution in [3.05, 3.63) is 65.9 Å². The van der Waals surface area contributed by atoms with Crippen LogP contribution in [-0.2, 0) is 16.2 Å². The molecule has 1 fully saturated rings. The number of nitrogens with zero attached hydrogens (tertiary/aromatic N) is 2. The van der Waals surface area contributed by atoms with Gasteiger partial charge in [0.25, 0.3) is 0 Å². The van der Waals surface area contributed by atoms with Crippen LogP contribution in [0.4, 0.5) is 0 Å². The third-order valence-electron chi connectivity index (χ3n) is 6.08. The minimum atomic E-state index is -0.984. The van der Waals surface area contributed by atoms with Gasteiger partial charge in [-0.3, -0.25) is 0 Å². The number of para-hydroxylation sites is 1. The number of carbonyl (C=O) groups is 1. The Morgan fingerprint density at radius 3 is 2.72 bits per heavy atom. The quantitative estimate of drug-likeness (QED) is 0.277. The molecule has 6 nitrogen and oxygen atoms in total. The van der Waals surface area contributed by atoms with Gasteiger partial charge in [-0.1, -0.05) is 42.6 Å². The molecule has 1 aliphatic rings. The monoisotopic (exact) mass is 434 g/mol. The van der Waals surface area contributed by atoms with E-state index in [4.69, 9.17) is 14.7 Å². The summed E-state index contributed by atoms with van der Waals surface area (Å²) in [6.45, 7) is 2.81. The molecule has 0 unspecified atom stereocenters. The Balaban J connectivity index is 1.48. The van der Waals surface area contributed by atoms with E-state index in [1.165, 1.54) is 30.2 Å². The standard InChI is InChI=1S/C26H30N2O4/c1-19-17-22(11-12-24(19)31-18-25(29)30)26(21-8-3-2-4-9-21)27-32-16-15-28-14-13-20-7-5-6-10-23(20)28/h5-7,10-14,17,21H,2-4,8-9,15-16,18H2,1H3,(H,29,30). The fourth-order valence-electron chi connectivity index (χ4n) is 4.44. The number of aliphatic carboxylic acids is 1. The maximum Gasteiger partial charge on any atom is 0.341 e. The lowest BCUT2D eigenvalue weighted by Gasteiger charge is -2.23. The number of rotatable bonds is 9. The zero-order valence-electron chi connectivity index (χ0n) is 18.5. The number of carboxylic acids is 1. The molecule has 168 valence electrons. The van der Waals surface area contributed by atoms with Crippen molar-refractivity contribution < 1.29 is 19.5 Å². The summed E-state index contributed by atoms with van der Waals surface area (Å²) in [5.41, 5.74) is 4.09. The van der Waals surface area contributed by atoms with Crippen molar-refractivity contribution in [2.24, 2.45) is 11.1 Å². The predicted molar refractivity (Wildman–Crippen MR) is 125 cm³/mol. The van der Waals surface area contributed by atoms with Crippen LogP contribution < -0.4 is 4.74 Å². The summed E-state index contributed by atoms with van der Waals surface area (Å²) in [4.78, 5) is 16.6. The third-order valence-corrected chi connectivity index (χ3v) is 6.08. The van der Waals surface area contributed by atoms with Crippen molar-refractivity contribution in [1.82, 2.24) is 4.57 Å². The van der Waals surface area contributed by atoms with Crippen LogP contribution in [0, 0.1) is 12.8 Å². The number of aryl methyl sites for hydroxylation is 1. The van der Waals surface area contributed by atoms with E-state index in [2.05, 4.69) is 34.1 Å². The first kappa shape index (κ1) is 21.9. The molecule has 0 bridgehead atoms. The first-order valence-electron chi connectivity index (χ1n) is 11.3. The topological polar surface area (TPSA) is 73.0 Å². The molecule has 1 aromatic heterocycles. The Kier molecular flexibility index (Phi) is 7.10. The molecular formula is C26H30N2O4. The summed E-state index contributed by atoms with van der Waals surface area (Å²) in [6.07, 6.45) is 7.99. The second kappa shape index (κ2) is 10.4. The van der Waals surface area contributed by atoms with E-state index in [9.17, 15) is 4.79 Å². The Hall–Kier alpha value is -3.28. The van der Waals surface area contributed by atoms with Gasteiger partial charge < -0.3 is 19.2 Å². The van der Waals surface area contributed by atoms with Crippen LogP contribution >= 0.6 is 0 Å². The molecule has 0 saturated heterocycles. The highest BCUT2D eigenvalue weighted by Crippen LogP contribution is 2.29. The van der Waals surface area contributed by atoms with E-state index in [0.29, 0.717) is 18.3 Å². The zero-order chi connectivity index (χ0) is 22.3. The Morgan fingerprint density at radius 2 is 1.94 bits per heavy atom. The van der Waals surface area contributed by atoms with E-state index in [-0.39, 0.29) is 6.61 Å². The maximum atomic E-state index is 10.8. The molecule has 0 amide bonds. The largest absolute Gasteiger partial charge is 0.482 e. The number of benzene rings is 2. The van der Waals surface area contributed by atoms with Crippen molar-refractivity contribution in [2.75, 3.05) is 13.2 Å².